The van der Waals surface area contributed by atoms with Gasteiger partial charge in [0.05, 0.1) is 6.61 Å². The van der Waals surface area contributed by atoms with Gasteiger partial charge in [0.15, 0.2) is 6.23 Å². The highest BCUT2D eigenvalue weighted by Crippen LogP contribution is 2.62. The van der Waals surface area contributed by atoms with Gasteiger partial charge in [0.2, 0.25) is 7.75 Å². The van der Waals surface area contributed by atoms with Crippen molar-refractivity contribution in [1.29, 1.82) is 0 Å². The molecule has 0 bridgehead atoms. The van der Waals surface area contributed by atoms with E-state index in [4.69, 9.17) is 4.74 Å². The van der Waals surface area contributed by atoms with E-state index in [2.05, 4.69) is 13.1 Å². The molecule has 20 heteroatoms. The standard InChI is InChI=1S/C15H20N3O14P3/c19-11-6-7-18(15(22)16-11)14-13(21)12(20)10(30-14)8-29-34(25,26)32-35(27,28)31-33(23,24)17-9-4-2-1-3-5-9/h1-7,10,12-14,20-21H,8H2,(H,25,26)(H,27,28)(H,16,19,22)(H2,17,23,24)/p-3/t10-,12+,13?,14-/m1/s1. The van der Waals surface area contributed by atoms with Gasteiger partial charge in [0.25, 0.3) is 21.2 Å². The van der Waals surface area contributed by atoms with Crippen molar-refractivity contribution in [3.8, 4) is 0 Å². The lowest BCUT2D eigenvalue weighted by atomic mass is 10.1. The molecular formula is C15H17N3O14P3-3. The number of para-hydroxylation sites is 1. The molecule has 2 heterocycles. The fraction of sp³-hybridized carbons (Fsp3) is 0.333. The van der Waals surface area contributed by atoms with Crippen molar-refractivity contribution in [2.24, 2.45) is 0 Å². The second-order valence-corrected chi connectivity index (χ2v) is 11.5. The molecule has 3 rings (SSSR count). The predicted octanol–water partition coefficient (Wildman–Crippen LogP) is -2.28. The van der Waals surface area contributed by atoms with Gasteiger partial charge in [-0.2, -0.15) is 0 Å². The van der Waals surface area contributed by atoms with E-state index in [-0.39, 0.29) is 5.69 Å². The third kappa shape index (κ3) is 7.51. The van der Waals surface area contributed by atoms with Gasteiger partial charge in [0.1, 0.15) is 18.3 Å². The van der Waals surface area contributed by atoms with Crippen molar-refractivity contribution in [2.45, 2.75) is 24.5 Å². The van der Waals surface area contributed by atoms with Gasteiger partial charge in [-0.1, -0.05) is 18.2 Å². The fourth-order valence-corrected chi connectivity index (χ4v) is 6.44. The van der Waals surface area contributed by atoms with Crippen molar-refractivity contribution in [2.75, 3.05) is 11.7 Å². The van der Waals surface area contributed by atoms with Crippen LogP contribution in [0.4, 0.5) is 5.69 Å². The molecule has 194 valence electrons. The maximum absolute atomic E-state index is 11.9. The van der Waals surface area contributed by atoms with Gasteiger partial charge in [-0.25, -0.2) is 9.11 Å². The Morgan fingerprint density at radius 2 is 1.66 bits per heavy atom. The minimum atomic E-state index is -6.05. The number of H-pyrrole nitrogens is 1. The number of phosphoric acid groups is 2. The van der Waals surface area contributed by atoms with Crippen molar-refractivity contribution in [1.82, 2.24) is 9.55 Å². The summed E-state index contributed by atoms with van der Waals surface area (Å²) in [7, 11) is -17.3. The number of aliphatic hydroxyl groups excluding tert-OH is 2. The van der Waals surface area contributed by atoms with E-state index in [0.29, 0.717) is 4.57 Å². The smallest absolute Gasteiger partial charge is 0.330 e. The number of aromatic nitrogens is 2. The molecule has 0 radical (unpaired) electrons. The monoisotopic (exact) mass is 556 g/mol. The second-order valence-electron chi connectivity index (χ2n) is 6.89. The van der Waals surface area contributed by atoms with Crippen molar-refractivity contribution < 1.29 is 56.5 Å². The Labute approximate surface area is 195 Å². The summed E-state index contributed by atoms with van der Waals surface area (Å²) in [6.07, 6.45) is -5.87. The fourth-order valence-electron chi connectivity index (χ4n) is 2.87. The zero-order valence-corrected chi connectivity index (χ0v) is 19.8. The highest BCUT2D eigenvalue weighted by molar-refractivity contribution is 7.67. The molecular weight excluding hydrogens is 539 g/mol. The number of nitrogens with zero attached hydrogens (tertiary/aromatic N) is 1. The van der Waals surface area contributed by atoms with Crippen LogP contribution in [0.5, 0.6) is 0 Å². The van der Waals surface area contributed by atoms with Crippen LogP contribution < -0.4 is 31.0 Å². The van der Waals surface area contributed by atoms with Gasteiger partial charge in [-0.3, -0.25) is 32.4 Å². The number of hydrogen-bond acceptors (Lipinski definition) is 14. The normalized spacial score (nSPS) is 27.5. The molecule has 1 aliphatic rings. The van der Waals surface area contributed by atoms with Gasteiger partial charge in [-0.15, -0.1) is 0 Å². The highest BCUT2D eigenvalue weighted by Gasteiger charge is 2.44. The molecule has 17 nitrogen and oxygen atoms in total. The Hall–Kier alpha value is -1.97. The Balaban J connectivity index is 1.61. The minimum absolute atomic E-state index is 0.0885. The first-order valence-electron chi connectivity index (χ1n) is 9.35. The highest BCUT2D eigenvalue weighted by atomic mass is 31.3. The van der Waals surface area contributed by atoms with E-state index in [1.165, 1.54) is 24.3 Å². The van der Waals surface area contributed by atoms with Crippen LogP contribution in [0.2, 0.25) is 0 Å². The molecule has 0 aliphatic carbocycles. The number of anilines is 1. The topological polar surface area (TPSA) is 265 Å². The molecule has 1 saturated heterocycles. The Bertz CT molecular complexity index is 1300. The molecule has 1 aromatic carbocycles. The number of hydrogen-bond donors (Lipinski definition) is 4. The summed E-state index contributed by atoms with van der Waals surface area (Å²) in [4.78, 5) is 60.4. The SMILES string of the molecule is O=c1ccn([C@@H]2O[C@H](COP(=O)([O-])OP(=O)([O-])OP(=O)([O-])Nc3ccccc3)[C@H](O)C2O)c(=O)[nH]1. The van der Waals surface area contributed by atoms with Crippen LogP contribution in [0, 0.1) is 0 Å². The summed E-state index contributed by atoms with van der Waals surface area (Å²) < 4.78 is 53.3. The molecule has 7 atom stereocenters. The van der Waals surface area contributed by atoms with Crippen molar-refractivity contribution in [3.63, 3.8) is 0 Å². The molecule has 4 unspecified atom stereocenters. The molecule has 1 aromatic heterocycles. The maximum atomic E-state index is 11.9. The number of nitrogens with one attached hydrogen (secondary N) is 2. The minimum Gasteiger partial charge on any atom is -0.761 e. The van der Waals surface area contributed by atoms with Crippen LogP contribution in [-0.4, -0.2) is 44.7 Å². The van der Waals surface area contributed by atoms with Crippen LogP contribution >= 0.6 is 23.4 Å². The molecule has 1 fully saturated rings. The second kappa shape index (κ2) is 10.6. The van der Waals surface area contributed by atoms with Gasteiger partial charge >= 0.3 is 5.69 Å². The lowest BCUT2D eigenvalue weighted by Gasteiger charge is -2.35. The molecule has 1 aliphatic heterocycles. The first-order chi connectivity index (χ1) is 16.2. The Morgan fingerprint density at radius 1 is 1.00 bits per heavy atom. The zero-order valence-electron chi connectivity index (χ0n) is 17.1. The van der Waals surface area contributed by atoms with Gasteiger partial charge in [0, 0.05) is 18.0 Å². The first kappa shape index (κ1) is 27.6. The quantitative estimate of drug-likeness (QED) is 0.225. The number of phosphoric ester groups is 1. The van der Waals surface area contributed by atoms with E-state index in [0.717, 1.165) is 12.3 Å². The van der Waals surface area contributed by atoms with E-state index in [9.17, 15) is 48.2 Å². The summed E-state index contributed by atoms with van der Waals surface area (Å²) in [5.74, 6) is 0. The van der Waals surface area contributed by atoms with E-state index < -0.39 is 65.8 Å². The first-order valence-corrected chi connectivity index (χ1v) is 13.8. The Morgan fingerprint density at radius 3 is 2.29 bits per heavy atom. The zero-order chi connectivity index (χ0) is 26.0. The maximum Gasteiger partial charge on any atom is 0.330 e. The average molecular weight is 556 g/mol. The van der Waals surface area contributed by atoms with Crippen LogP contribution in [-0.2, 0) is 31.6 Å². The van der Waals surface area contributed by atoms with Crippen molar-refractivity contribution in [3.05, 3.63) is 63.4 Å². The third-order valence-corrected chi connectivity index (χ3v) is 8.56. The van der Waals surface area contributed by atoms with Crippen LogP contribution in [0.1, 0.15) is 6.23 Å². The summed E-state index contributed by atoms with van der Waals surface area (Å²) in [5.41, 5.74) is -1.85. The number of ether oxygens (including phenoxy) is 1. The molecule has 35 heavy (non-hydrogen) atoms. The molecule has 0 spiro atoms. The van der Waals surface area contributed by atoms with E-state index in [1.54, 1.807) is 11.2 Å². The molecule has 2 aromatic rings. The summed E-state index contributed by atoms with van der Waals surface area (Å²) in [6.45, 7) is -1.12. The molecule has 0 saturated carbocycles. The number of rotatable bonds is 10. The number of benzene rings is 1. The molecule has 0 amide bonds. The lowest BCUT2D eigenvalue weighted by Crippen LogP contribution is -2.37. The summed E-state index contributed by atoms with van der Waals surface area (Å²) in [5, 5.41) is 21.9. The third-order valence-electron chi connectivity index (χ3n) is 4.31. The lowest BCUT2D eigenvalue weighted by molar-refractivity contribution is -0.245. The summed E-state index contributed by atoms with van der Waals surface area (Å²) >= 11 is 0. The summed E-state index contributed by atoms with van der Waals surface area (Å²) in [6, 6.07) is 7.80. The van der Waals surface area contributed by atoms with E-state index >= 15 is 0 Å². The number of aromatic amines is 1. The van der Waals surface area contributed by atoms with Crippen LogP contribution in [0.15, 0.2) is 52.2 Å². The van der Waals surface area contributed by atoms with Crippen LogP contribution in [0.3, 0.4) is 0 Å². The average Bonchev–Trinajstić information content (AvgIpc) is 2.99. The van der Waals surface area contributed by atoms with Gasteiger partial charge < -0.3 is 39.2 Å². The Kier molecular flexibility index (Phi) is 8.34. The van der Waals surface area contributed by atoms with E-state index in [1.807, 2.05) is 4.98 Å². The predicted molar refractivity (Wildman–Crippen MR) is 108 cm³/mol. The largest absolute Gasteiger partial charge is 0.761 e. The number of aliphatic hydroxyl groups is 2. The van der Waals surface area contributed by atoms with Gasteiger partial charge in [-0.05, 0) is 12.1 Å². The molecule has 4 N–H and O–H groups in total. The van der Waals surface area contributed by atoms with Crippen LogP contribution in [0.25, 0.3) is 0 Å². The van der Waals surface area contributed by atoms with Crippen molar-refractivity contribution >= 4 is 29.1 Å².